The van der Waals surface area contributed by atoms with Gasteiger partial charge in [-0.15, -0.1) is 0 Å². The number of unbranched alkanes of at least 4 members (excludes halogenated alkanes) is 1. The summed E-state index contributed by atoms with van der Waals surface area (Å²) in [6, 6.07) is 0. The monoisotopic (exact) mass is 210 g/mol. The van der Waals surface area contributed by atoms with E-state index in [9.17, 15) is 0 Å². The largest absolute Gasteiger partial charge is 0.393 e. The minimum absolute atomic E-state index is 0.169. The Hall–Kier alpha value is -0.830. The molecule has 0 aliphatic carbocycles. The topological polar surface area (TPSA) is 38.0 Å². The first-order valence-corrected chi connectivity index (χ1v) is 5.80. The standard InChI is InChI=1S/C12H22N2O/c1-10(2)12-13-7-9-14(12)8-5-4-6-11(3)15/h7,9-11,15H,4-6,8H2,1-3H3. The Labute approximate surface area is 92.1 Å². The molecule has 0 aromatic carbocycles. The fourth-order valence-electron chi connectivity index (χ4n) is 1.73. The average molecular weight is 210 g/mol. The maximum Gasteiger partial charge on any atom is 0.111 e. The van der Waals surface area contributed by atoms with Crippen LogP contribution in [0.2, 0.25) is 0 Å². The van der Waals surface area contributed by atoms with E-state index in [-0.39, 0.29) is 6.10 Å². The van der Waals surface area contributed by atoms with Crippen molar-refractivity contribution in [3.8, 4) is 0 Å². The van der Waals surface area contributed by atoms with Crippen LogP contribution in [0.15, 0.2) is 12.4 Å². The van der Waals surface area contributed by atoms with Crippen LogP contribution in [0, 0.1) is 0 Å². The van der Waals surface area contributed by atoms with E-state index >= 15 is 0 Å². The molecular formula is C12H22N2O. The van der Waals surface area contributed by atoms with Gasteiger partial charge in [0.2, 0.25) is 0 Å². The van der Waals surface area contributed by atoms with Gasteiger partial charge < -0.3 is 9.67 Å². The Morgan fingerprint density at radius 3 is 2.67 bits per heavy atom. The fourth-order valence-corrected chi connectivity index (χ4v) is 1.73. The molecule has 1 aromatic rings. The van der Waals surface area contributed by atoms with Gasteiger partial charge in [0.05, 0.1) is 6.10 Å². The van der Waals surface area contributed by atoms with Crippen molar-refractivity contribution in [2.45, 2.75) is 58.6 Å². The van der Waals surface area contributed by atoms with Crippen LogP contribution in [0.5, 0.6) is 0 Å². The van der Waals surface area contributed by atoms with Gasteiger partial charge in [-0.3, -0.25) is 0 Å². The van der Waals surface area contributed by atoms with Gasteiger partial charge in [0, 0.05) is 24.9 Å². The van der Waals surface area contributed by atoms with E-state index in [2.05, 4.69) is 23.4 Å². The third-order valence-electron chi connectivity index (χ3n) is 2.53. The first-order valence-electron chi connectivity index (χ1n) is 5.80. The highest BCUT2D eigenvalue weighted by Gasteiger charge is 2.06. The Kier molecular flexibility index (Phi) is 4.82. The van der Waals surface area contributed by atoms with E-state index < -0.39 is 0 Å². The lowest BCUT2D eigenvalue weighted by Crippen LogP contribution is -2.06. The number of rotatable bonds is 6. The van der Waals surface area contributed by atoms with Crippen molar-refractivity contribution in [3.05, 3.63) is 18.2 Å². The van der Waals surface area contributed by atoms with Crippen molar-refractivity contribution < 1.29 is 5.11 Å². The Bertz CT molecular complexity index is 279. The maximum absolute atomic E-state index is 9.13. The van der Waals surface area contributed by atoms with Gasteiger partial charge in [0.1, 0.15) is 5.82 Å². The summed E-state index contributed by atoms with van der Waals surface area (Å²) in [7, 11) is 0. The summed E-state index contributed by atoms with van der Waals surface area (Å²) < 4.78 is 2.21. The van der Waals surface area contributed by atoms with E-state index in [1.54, 1.807) is 0 Å². The first-order chi connectivity index (χ1) is 7.11. The molecule has 1 atom stereocenters. The molecule has 0 fully saturated rings. The quantitative estimate of drug-likeness (QED) is 0.733. The molecule has 3 heteroatoms. The van der Waals surface area contributed by atoms with Gasteiger partial charge in [-0.1, -0.05) is 13.8 Å². The average Bonchev–Trinajstić information content (AvgIpc) is 2.60. The zero-order valence-corrected chi connectivity index (χ0v) is 9.98. The summed E-state index contributed by atoms with van der Waals surface area (Å²) in [4.78, 5) is 4.34. The molecule has 0 radical (unpaired) electrons. The second-order valence-electron chi connectivity index (χ2n) is 4.48. The molecule has 0 aliphatic rings. The number of hydrogen-bond acceptors (Lipinski definition) is 2. The van der Waals surface area contributed by atoms with Crippen molar-refractivity contribution in [2.24, 2.45) is 0 Å². The van der Waals surface area contributed by atoms with Crippen molar-refractivity contribution in [1.82, 2.24) is 9.55 Å². The summed E-state index contributed by atoms with van der Waals surface area (Å²) in [6.07, 6.45) is 6.82. The smallest absolute Gasteiger partial charge is 0.111 e. The lowest BCUT2D eigenvalue weighted by atomic mass is 10.1. The third kappa shape index (κ3) is 4.04. The Morgan fingerprint density at radius 1 is 1.33 bits per heavy atom. The van der Waals surface area contributed by atoms with Crippen LogP contribution in [0.25, 0.3) is 0 Å². The van der Waals surface area contributed by atoms with Crippen LogP contribution in [0.1, 0.15) is 51.8 Å². The van der Waals surface area contributed by atoms with Gasteiger partial charge in [0.25, 0.3) is 0 Å². The molecular weight excluding hydrogens is 188 g/mol. The van der Waals surface area contributed by atoms with Gasteiger partial charge in [-0.05, 0) is 26.2 Å². The van der Waals surface area contributed by atoms with E-state index in [1.807, 2.05) is 19.3 Å². The molecule has 0 saturated heterocycles. The third-order valence-corrected chi connectivity index (χ3v) is 2.53. The van der Waals surface area contributed by atoms with E-state index in [0.29, 0.717) is 5.92 Å². The lowest BCUT2D eigenvalue weighted by Gasteiger charge is -2.10. The summed E-state index contributed by atoms with van der Waals surface area (Å²) in [6.45, 7) is 7.18. The van der Waals surface area contributed by atoms with Crippen LogP contribution in [-0.2, 0) is 6.54 Å². The van der Waals surface area contributed by atoms with Crippen LogP contribution in [0.4, 0.5) is 0 Å². The van der Waals surface area contributed by atoms with E-state index in [1.165, 1.54) is 0 Å². The van der Waals surface area contributed by atoms with Crippen molar-refractivity contribution >= 4 is 0 Å². The molecule has 0 amide bonds. The molecule has 86 valence electrons. The highest BCUT2D eigenvalue weighted by atomic mass is 16.3. The predicted molar refractivity (Wildman–Crippen MR) is 61.8 cm³/mol. The predicted octanol–water partition coefficient (Wildman–Crippen LogP) is 2.56. The minimum Gasteiger partial charge on any atom is -0.393 e. The molecule has 0 spiro atoms. The van der Waals surface area contributed by atoms with E-state index in [4.69, 9.17) is 5.11 Å². The second kappa shape index (κ2) is 5.91. The van der Waals surface area contributed by atoms with Crippen molar-refractivity contribution in [2.75, 3.05) is 0 Å². The van der Waals surface area contributed by atoms with E-state index in [0.717, 1.165) is 31.6 Å². The number of nitrogens with zero attached hydrogens (tertiary/aromatic N) is 2. The summed E-state index contributed by atoms with van der Waals surface area (Å²) >= 11 is 0. The highest BCUT2D eigenvalue weighted by Crippen LogP contribution is 2.13. The normalized spacial score (nSPS) is 13.4. The maximum atomic E-state index is 9.13. The van der Waals surface area contributed by atoms with Crippen LogP contribution < -0.4 is 0 Å². The second-order valence-corrected chi connectivity index (χ2v) is 4.48. The number of aryl methyl sites for hydroxylation is 1. The van der Waals surface area contributed by atoms with Crippen molar-refractivity contribution in [1.29, 1.82) is 0 Å². The molecule has 1 aromatic heterocycles. The van der Waals surface area contributed by atoms with Crippen molar-refractivity contribution in [3.63, 3.8) is 0 Å². The van der Waals surface area contributed by atoms with Crippen LogP contribution in [0.3, 0.4) is 0 Å². The SMILES string of the molecule is CC(O)CCCCn1ccnc1C(C)C. The number of aliphatic hydroxyl groups excluding tert-OH is 1. The zero-order chi connectivity index (χ0) is 11.3. The minimum atomic E-state index is -0.169. The number of aliphatic hydroxyl groups is 1. The molecule has 0 aliphatic heterocycles. The van der Waals surface area contributed by atoms with Crippen LogP contribution >= 0.6 is 0 Å². The molecule has 0 bridgehead atoms. The molecule has 1 heterocycles. The molecule has 3 nitrogen and oxygen atoms in total. The molecule has 0 saturated carbocycles. The highest BCUT2D eigenvalue weighted by molar-refractivity contribution is 4.97. The van der Waals surface area contributed by atoms with Gasteiger partial charge >= 0.3 is 0 Å². The summed E-state index contributed by atoms with van der Waals surface area (Å²) in [5.74, 6) is 1.64. The summed E-state index contributed by atoms with van der Waals surface area (Å²) in [5.41, 5.74) is 0. The number of imidazole rings is 1. The van der Waals surface area contributed by atoms with Crippen LogP contribution in [-0.4, -0.2) is 20.8 Å². The van der Waals surface area contributed by atoms with Gasteiger partial charge in [-0.25, -0.2) is 4.98 Å². The number of hydrogen-bond donors (Lipinski definition) is 1. The molecule has 1 N–H and O–H groups in total. The zero-order valence-electron chi connectivity index (χ0n) is 9.98. The molecule has 1 rings (SSSR count). The Morgan fingerprint density at radius 2 is 2.07 bits per heavy atom. The fraction of sp³-hybridized carbons (Fsp3) is 0.750. The Balaban J connectivity index is 2.34. The molecule has 15 heavy (non-hydrogen) atoms. The van der Waals surface area contributed by atoms with Gasteiger partial charge in [0.15, 0.2) is 0 Å². The molecule has 1 unspecified atom stereocenters. The summed E-state index contributed by atoms with van der Waals surface area (Å²) in [5, 5.41) is 9.13. The van der Waals surface area contributed by atoms with Gasteiger partial charge in [-0.2, -0.15) is 0 Å². The number of aromatic nitrogens is 2. The first kappa shape index (κ1) is 12.2. The lowest BCUT2D eigenvalue weighted by molar-refractivity contribution is 0.180.